The lowest BCUT2D eigenvalue weighted by Gasteiger charge is -2.15. The Morgan fingerprint density at radius 3 is 2.20 bits per heavy atom. The van der Waals surface area contributed by atoms with Crippen LogP contribution >= 0.6 is 44.1 Å². The smallest absolute Gasteiger partial charge is 0.276 e. The first-order valence-corrected chi connectivity index (χ1v) is 5.77. The minimum atomic E-state index is -0.471. The van der Waals surface area contributed by atoms with Crippen molar-refractivity contribution in [3.8, 4) is 0 Å². The van der Waals surface area contributed by atoms with Gasteiger partial charge in [-0.25, -0.2) is 10.9 Å². The quantitative estimate of drug-likeness (QED) is 0.349. The fraction of sp³-hybridized carbons (Fsp3) is 0. The normalized spacial score (nSPS) is 9.80. The van der Waals surface area contributed by atoms with E-state index in [4.69, 9.17) is 11.6 Å². The van der Waals surface area contributed by atoms with Gasteiger partial charge in [0.2, 0.25) is 0 Å². The molecule has 1 rings (SSSR count). The number of hydrogen-bond acceptors (Lipinski definition) is 3. The fourth-order valence-electron chi connectivity index (χ4n) is 0.923. The summed E-state index contributed by atoms with van der Waals surface area (Å²) >= 11 is 11.1. The Labute approximate surface area is 109 Å². The van der Waals surface area contributed by atoms with Gasteiger partial charge in [0, 0.05) is 8.95 Å². The molecule has 0 aliphatic rings. The van der Waals surface area contributed by atoms with Gasteiger partial charge in [0.1, 0.15) is 0 Å². The third-order valence-electron chi connectivity index (χ3n) is 1.63. The molecule has 15 heavy (non-hydrogen) atoms. The Kier molecular flexibility index (Phi) is 4.21. The summed E-state index contributed by atoms with van der Waals surface area (Å²) in [6, 6.07) is 5.24. The predicted octanol–water partition coefficient (Wildman–Crippen LogP) is 1.77. The molecular weight excluding hydrogens is 346 g/mol. The summed E-state index contributed by atoms with van der Waals surface area (Å²) < 4.78 is 1.24. The molecule has 1 aromatic rings. The van der Waals surface area contributed by atoms with Gasteiger partial charge in [-0.15, -0.1) is 0 Å². The van der Waals surface area contributed by atoms with E-state index >= 15 is 0 Å². The molecule has 0 spiro atoms. The van der Waals surface area contributed by atoms with E-state index in [9.17, 15) is 4.79 Å². The van der Waals surface area contributed by atoms with Gasteiger partial charge in [-0.05, 0) is 56.2 Å². The van der Waals surface area contributed by atoms with Gasteiger partial charge in [-0.3, -0.25) is 4.79 Å². The first-order valence-electron chi connectivity index (χ1n) is 3.77. The third-order valence-corrected chi connectivity index (χ3v) is 3.15. The first kappa shape index (κ1) is 12.6. The van der Waals surface area contributed by atoms with Crippen molar-refractivity contribution in [1.29, 1.82) is 0 Å². The molecule has 4 nitrogen and oxygen atoms in total. The summed E-state index contributed by atoms with van der Waals surface area (Å²) in [5, 5.41) is 0.544. The van der Waals surface area contributed by atoms with E-state index in [0.717, 1.165) is 5.01 Å². The monoisotopic (exact) mass is 351 g/mol. The molecule has 0 atom stereocenters. The lowest BCUT2D eigenvalue weighted by molar-refractivity contribution is 0.0846. The topological polar surface area (TPSA) is 72.3 Å². The molecule has 0 saturated carbocycles. The molecular formula is C8H7Br2N3OS. The van der Waals surface area contributed by atoms with Gasteiger partial charge < -0.3 is 5.73 Å². The average Bonchev–Trinajstić information content (AvgIpc) is 2.15. The summed E-state index contributed by atoms with van der Waals surface area (Å²) in [4.78, 5) is 11.8. The van der Waals surface area contributed by atoms with E-state index in [0.29, 0.717) is 14.5 Å². The highest BCUT2D eigenvalue weighted by Crippen LogP contribution is 2.25. The molecule has 0 unspecified atom stereocenters. The highest BCUT2D eigenvalue weighted by Gasteiger charge is 2.19. The van der Waals surface area contributed by atoms with Crippen LogP contribution in [0.15, 0.2) is 27.1 Å². The number of hydrazine groups is 1. The molecule has 0 bridgehead atoms. The van der Waals surface area contributed by atoms with Crippen molar-refractivity contribution < 1.29 is 4.79 Å². The van der Waals surface area contributed by atoms with Gasteiger partial charge >= 0.3 is 0 Å². The van der Waals surface area contributed by atoms with Crippen LogP contribution in [0.5, 0.6) is 0 Å². The van der Waals surface area contributed by atoms with E-state index in [1.807, 2.05) is 0 Å². The fourth-order valence-corrected chi connectivity index (χ4v) is 2.34. The highest BCUT2D eigenvalue weighted by molar-refractivity contribution is 9.11. The molecule has 0 radical (unpaired) electrons. The van der Waals surface area contributed by atoms with Crippen molar-refractivity contribution in [3.05, 3.63) is 32.7 Å². The second-order valence-corrected chi connectivity index (χ2v) is 4.74. The Hall–Kier alpha value is -0.500. The molecule has 0 aliphatic carbocycles. The minimum absolute atomic E-state index is 0.178. The number of rotatable bonds is 1. The van der Waals surface area contributed by atoms with Crippen LogP contribution in [-0.4, -0.2) is 16.0 Å². The SMILES string of the molecule is NC(=S)N(N)C(=O)c1c(Br)cccc1Br. The predicted molar refractivity (Wildman–Crippen MR) is 69.0 cm³/mol. The molecule has 0 heterocycles. The standard InChI is InChI=1S/C8H7Br2N3OS/c9-4-2-1-3-5(10)6(4)7(14)13(12)8(11)15/h1-3H,12H2,(H2,11,15). The summed E-state index contributed by atoms with van der Waals surface area (Å²) in [7, 11) is 0. The molecule has 4 N–H and O–H groups in total. The summed E-state index contributed by atoms with van der Waals surface area (Å²) in [5.74, 6) is 4.94. The number of halogens is 2. The molecule has 0 saturated heterocycles. The zero-order valence-electron chi connectivity index (χ0n) is 7.41. The van der Waals surface area contributed by atoms with Gasteiger partial charge in [-0.2, -0.15) is 0 Å². The number of hydrogen-bond donors (Lipinski definition) is 2. The number of nitrogens with two attached hydrogens (primary N) is 2. The Bertz CT molecular complexity index is 404. The van der Waals surface area contributed by atoms with Crippen LogP contribution < -0.4 is 11.6 Å². The number of amides is 1. The molecule has 7 heteroatoms. The van der Waals surface area contributed by atoms with Crippen molar-refractivity contribution in [3.63, 3.8) is 0 Å². The van der Waals surface area contributed by atoms with Crippen LogP contribution in [0.2, 0.25) is 0 Å². The number of benzene rings is 1. The van der Waals surface area contributed by atoms with Gasteiger partial charge in [0.05, 0.1) is 5.56 Å². The second kappa shape index (κ2) is 5.02. The van der Waals surface area contributed by atoms with Crippen LogP contribution in [0.1, 0.15) is 10.4 Å². The minimum Gasteiger partial charge on any atom is -0.375 e. The number of carbonyl (C=O) groups is 1. The Morgan fingerprint density at radius 2 is 1.80 bits per heavy atom. The molecule has 1 amide bonds. The molecule has 0 aromatic heterocycles. The van der Waals surface area contributed by atoms with Gasteiger partial charge in [-0.1, -0.05) is 6.07 Å². The van der Waals surface area contributed by atoms with Crippen LogP contribution in [0.3, 0.4) is 0 Å². The third kappa shape index (κ3) is 2.75. The molecule has 0 aliphatic heterocycles. The Morgan fingerprint density at radius 1 is 1.33 bits per heavy atom. The summed E-state index contributed by atoms with van der Waals surface area (Å²) in [5.41, 5.74) is 5.64. The number of nitrogens with zero attached hydrogens (tertiary/aromatic N) is 1. The molecule has 0 fully saturated rings. The zero-order valence-corrected chi connectivity index (χ0v) is 11.4. The molecule has 80 valence electrons. The van der Waals surface area contributed by atoms with Crippen molar-refractivity contribution in [1.82, 2.24) is 5.01 Å². The van der Waals surface area contributed by atoms with Crippen LogP contribution in [-0.2, 0) is 0 Å². The highest BCUT2D eigenvalue weighted by atomic mass is 79.9. The van der Waals surface area contributed by atoms with Crippen molar-refractivity contribution in [2.45, 2.75) is 0 Å². The largest absolute Gasteiger partial charge is 0.375 e. The average molecular weight is 353 g/mol. The van der Waals surface area contributed by atoms with E-state index in [2.05, 4.69) is 44.1 Å². The summed E-state index contributed by atoms with van der Waals surface area (Å²) in [6.07, 6.45) is 0. The van der Waals surface area contributed by atoms with E-state index < -0.39 is 5.91 Å². The van der Waals surface area contributed by atoms with Gasteiger partial charge in [0.25, 0.3) is 5.91 Å². The molecule has 1 aromatic carbocycles. The number of thiocarbonyl (C=S) groups is 1. The van der Waals surface area contributed by atoms with Crippen molar-refractivity contribution in [2.75, 3.05) is 0 Å². The van der Waals surface area contributed by atoms with Crippen LogP contribution in [0, 0.1) is 0 Å². The lowest BCUT2D eigenvalue weighted by atomic mass is 10.2. The zero-order chi connectivity index (χ0) is 11.6. The summed E-state index contributed by atoms with van der Waals surface area (Å²) in [6.45, 7) is 0. The van der Waals surface area contributed by atoms with Crippen LogP contribution in [0.25, 0.3) is 0 Å². The van der Waals surface area contributed by atoms with Crippen molar-refractivity contribution >= 4 is 55.1 Å². The van der Waals surface area contributed by atoms with E-state index in [1.54, 1.807) is 18.2 Å². The van der Waals surface area contributed by atoms with Gasteiger partial charge in [0.15, 0.2) is 5.11 Å². The maximum absolute atomic E-state index is 11.8. The maximum Gasteiger partial charge on any atom is 0.276 e. The van der Waals surface area contributed by atoms with Crippen molar-refractivity contribution in [2.24, 2.45) is 11.6 Å². The maximum atomic E-state index is 11.8. The number of carbonyl (C=O) groups excluding carboxylic acids is 1. The lowest BCUT2D eigenvalue weighted by Crippen LogP contribution is -2.45. The van der Waals surface area contributed by atoms with Crippen LogP contribution in [0.4, 0.5) is 0 Å². The second-order valence-electron chi connectivity index (χ2n) is 2.61. The first-order chi connectivity index (χ1) is 6.95. The van der Waals surface area contributed by atoms with E-state index in [1.165, 1.54) is 0 Å². The Balaban J connectivity index is 3.17. The van der Waals surface area contributed by atoms with E-state index in [-0.39, 0.29) is 5.11 Å².